The van der Waals surface area contributed by atoms with Crippen molar-refractivity contribution in [2.45, 2.75) is 19.3 Å². The van der Waals surface area contributed by atoms with Crippen LogP contribution in [0.3, 0.4) is 0 Å². The topological polar surface area (TPSA) is 56.7 Å². The van der Waals surface area contributed by atoms with Crippen molar-refractivity contribution in [2.75, 3.05) is 37.6 Å². The highest BCUT2D eigenvalue weighted by molar-refractivity contribution is 7.15. The number of carboxylic acid groups (broad SMARTS) is 1. The van der Waals surface area contributed by atoms with Gasteiger partial charge in [0.2, 0.25) is 0 Å². The molecule has 0 amide bonds. The Bertz CT molecular complexity index is 431. The van der Waals surface area contributed by atoms with E-state index in [0.717, 1.165) is 37.7 Å². The SMILES string of the molecule is O=C(O)CN1CCN(c2nc3c(s2)CCC3)CC1. The molecule has 0 saturated carbocycles. The van der Waals surface area contributed by atoms with E-state index in [1.165, 1.54) is 23.4 Å². The summed E-state index contributed by atoms with van der Waals surface area (Å²) in [5.74, 6) is -0.739. The van der Waals surface area contributed by atoms with Gasteiger partial charge in [0, 0.05) is 31.1 Å². The molecule has 1 aliphatic heterocycles. The van der Waals surface area contributed by atoms with Gasteiger partial charge in [-0.05, 0) is 19.3 Å². The number of carboxylic acids is 1. The summed E-state index contributed by atoms with van der Waals surface area (Å²) < 4.78 is 0. The number of aryl methyl sites for hydroxylation is 2. The van der Waals surface area contributed by atoms with E-state index in [1.807, 2.05) is 16.2 Å². The van der Waals surface area contributed by atoms with E-state index in [0.29, 0.717) is 0 Å². The van der Waals surface area contributed by atoms with Crippen molar-refractivity contribution in [1.29, 1.82) is 0 Å². The molecular weight excluding hydrogens is 250 g/mol. The molecule has 3 rings (SSSR count). The first-order chi connectivity index (χ1) is 8.72. The van der Waals surface area contributed by atoms with Crippen LogP contribution in [0.5, 0.6) is 0 Å². The Morgan fingerprint density at radius 3 is 2.72 bits per heavy atom. The minimum absolute atomic E-state index is 0.155. The van der Waals surface area contributed by atoms with Crippen LogP contribution in [0.4, 0.5) is 5.13 Å². The van der Waals surface area contributed by atoms with Crippen LogP contribution >= 0.6 is 11.3 Å². The normalized spacial score (nSPS) is 20.1. The van der Waals surface area contributed by atoms with E-state index in [4.69, 9.17) is 10.1 Å². The van der Waals surface area contributed by atoms with Gasteiger partial charge in [-0.2, -0.15) is 0 Å². The Kier molecular flexibility index (Phi) is 3.22. The average molecular weight is 267 g/mol. The number of aromatic nitrogens is 1. The molecule has 1 fully saturated rings. The van der Waals surface area contributed by atoms with Crippen LogP contribution in [0.2, 0.25) is 0 Å². The molecule has 0 unspecified atom stereocenters. The summed E-state index contributed by atoms with van der Waals surface area (Å²) in [5, 5.41) is 9.90. The highest BCUT2D eigenvalue weighted by atomic mass is 32.1. The summed E-state index contributed by atoms with van der Waals surface area (Å²) in [6.45, 7) is 3.56. The number of hydrogen-bond acceptors (Lipinski definition) is 5. The molecule has 6 heteroatoms. The van der Waals surface area contributed by atoms with Gasteiger partial charge in [-0.3, -0.25) is 9.69 Å². The van der Waals surface area contributed by atoms with Gasteiger partial charge in [-0.15, -0.1) is 11.3 Å². The van der Waals surface area contributed by atoms with Gasteiger partial charge < -0.3 is 10.0 Å². The standard InChI is InChI=1S/C12H17N3O2S/c16-11(17)8-14-4-6-15(7-5-14)12-13-9-2-1-3-10(9)18-12/h1-8H2,(H,16,17). The summed E-state index contributed by atoms with van der Waals surface area (Å²) >= 11 is 1.82. The fraction of sp³-hybridized carbons (Fsp3) is 0.667. The molecule has 2 aliphatic rings. The molecular formula is C12H17N3O2S. The molecule has 1 saturated heterocycles. The van der Waals surface area contributed by atoms with Crippen LogP contribution in [0.25, 0.3) is 0 Å². The fourth-order valence-electron chi connectivity index (χ4n) is 2.60. The van der Waals surface area contributed by atoms with Crippen molar-refractivity contribution >= 4 is 22.4 Å². The van der Waals surface area contributed by atoms with Gasteiger partial charge in [0.05, 0.1) is 12.2 Å². The smallest absolute Gasteiger partial charge is 0.317 e. The Morgan fingerprint density at radius 1 is 1.28 bits per heavy atom. The Balaban J connectivity index is 1.60. The third kappa shape index (κ3) is 2.35. The van der Waals surface area contributed by atoms with Crippen LogP contribution in [-0.2, 0) is 17.6 Å². The third-order valence-electron chi connectivity index (χ3n) is 3.59. The lowest BCUT2D eigenvalue weighted by molar-refractivity contribution is -0.138. The first-order valence-electron chi connectivity index (χ1n) is 6.40. The second kappa shape index (κ2) is 4.85. The third-order valence-corrected chi connectivity index (χ3v) is 4.80. The zero-order chi connectivity index (χ0) is 12.5. The predicted molar refractivity (Wildman–Crippen MR) is 70.4 cm³/mol. The lowest BCUT2D eigenvalue weighted by Gasteiger charge is -2.33. The monoisotopic (exact) mass is 267 g/mol. The molecule has 1 aromatic heterocycles. The molecule has 1 aromatic rings. The van der Waals surface area contributed by atoms with Crippen LogP contribution in [0.15, 0.2) is 0 Å². The van der Waals surface area contributed by atoms with Gasteiger partial charge in [0.25, 0.3) is 0 Å². The average Bonchev–Trinajstić information content (AvgIpc) is 2.89. The van der Waals surface area contributed by atoms with E-state index in [2.05, 4.69) is 4.90 Å². The minimum atomic E-state index is -0.739. The van der Waals surface area contributed by atoms with E-state index < -0.39 is 5.97 Å². The second-order valence-electron chi connectivity index (χ2n) is 4.88. The van der Waals surface area contributed by atoms with E-state index in [9.17, 15) is 4.79 Å². The molecule has 0 atom stereocenters. The maximum Gasteiger partial charge on any atom is 0.317 e. The summed E-state index contributed by atoms with van der Waals surface area (Å²) in [6.07, 6.45) is 3.57. The molecule has 18 heavy (non-hydrogen) atoms. The highest BCUT2D eigenvalue weighted by Crippen LogP contribution is 2.32. The zero-order valence-corrected chi connectivity index (χ0v) is 11.1. The molecule has 0 spiro atoms. The number of hydrogen-bond donors (Lipinski definition) is 1. The fourth-order valence-corrected chi connectivity index (χ4v) is 3.80. The molecule has 0 bridgehead atoms. The van der Waals surface area contributed by atoms with Crippen molar-refractivity contribution in [3.05, 3.63) is 10.6 Å². The van der Waals surface area contributed by atoms with Crippen molar-refractivity contribution in [1.82, 2.24) is 9.88 Å². The number of anilines is 1. The lowest BCUT2D eigenvalue weighted by atomic mass is 10.3. The summed E-state index contributed by atoms with van der Waals surface area (Å²) in [6, 6.07) is 0. The number of rotatable bonds is 3. The number of fused-ring (bicyclic) bond motifs is 1. The summed E-state index contributed by atoms with van der Waals surface area (Å²) in [7, 11) is 0. The van der Waals surface area contributed by atoms with Crippen LogP contribution in [0, 0.1) is 0 Å². The molecule has 5 nitrogen and oxygen atoms in total. The minimum Gasteiger partial charge on any atom is -0.480 e. The second-order valence-corrected chi connectivity index (χ2v) is 5.94. The van der Waals surface area contributed by atoms with Crippen LogP contribution in [0.1, 0.15) is 17.0 Å². The number of nitrogens with zero attached hydrogens (tertiary/aromatic N) is 3. The predicted octanol–water partition coefficient (Wildman–Crippen LogP) is 0.838. The van der Waals surface area contributed by atoms with Crippen LogP contribution < -0.4 is 4.90 Å². The zero-order valence-electron chi connectivity index (χ0n) is 10.3. The quantitative estimate of drug-likeness (QED) is 0.879. The van der Waals surface area contributed by atoms with Gasteiger partial charge in [-0.1, -0.05) is 0 Å². The number of carbonyl (C=O) groups is 1. The van der Waals surface area contributed by atoms with E-state index >= 15 is 0 Å². The largest absolute Gasteiger partial charge is 0.480 e. The Hall–Kier alpha value is -1.14. The van der Waals surface area contributed by atoms with Gasteiger partial charge in [-0.25, -0.2) is 4.98 Å². The van der Waals surface area contributed by atoms with Gasteiger partial charge >= 0.3 is 5.97 Å². The van der Waals surface area contributed by atoms with Crippen molar-refractivity contribution in [3.8, 4) is 0 Å². The molecule has 0 aromatic carbocycles. The Morgan fingerprint density at radius 2 is 2.06 bits per heavy atom. The van der Waals surface area contributed by atoms with Crippen molar-refractivity contribution in [3.63, 3.8) is 0 Å². The van der Waals surface area contributed by atoms with Crippen LogP contribution in [-0.4, -0.2) is 53.7 Å². The molecule has 0 radical (unpaired) electrons. The summed E-state index contributed by atoms with van der Waals surface area (Å²) in [5.41, 5.74) is 1.29. The highest BCUT2D eigenvalue weighted by Gasteiger charge is 2.23. The summed E-state index contributed by atoms with van der Waals surface area (Å²) in [4.78, 5) is 21.1. The van der Waals surface area contributed by atoms with Gasteiger partial charge in [0.1, 0.15) is 0 Å². The molecule has 1 aliphatic carbocycles. The lowest BCUT2D eigenvalue weighted by Crippen LogP contribution is -2.48. The maximum atomic E-state index is 10.6. The molecule has 1 N–H and O–H groups in total. The van der Waals surface area contributed by atoms with Gasteiger partial charge in [0.15, 0.2) is 5.13 Å². The number of thiazole rings is 1. The molecule has 2 heterocycles. The van der Waals surface area contributed by atoms with E-state index in [-0.39, 0.29) is 6.54 Å². The first-order valence-corrected chi connectivity index (χ1v) is 7.22. The van der Waals surface area contributed by atoms with E-state index in [1.54, 1.807) is 0 Å². The molecule has 98 valence electrons. The number of piperazine rings is 1. The van der Waals surface area contributed by atoms with Crippen molar-refractivity contribution < 1.29 is 9.90 Å². The maximum absolute atomic E-state index is 10.6. The Labute approximate surface area is 110 Å². The first kappa shape index (κ1) is 11.9. The van der Waals surface area contributed by atoms with Crippen molar-refractivity contribution in [2.24, 2.45) is 0 Å². The number of aliphatic carboxylic acids is 1.